The van der Waals surface area contributed by atoms with E-state index in [9.17, 15) is 14.4 Å². The summed E-state index contributed by atoms with van der Waals surface area (Å²) < 4.78 is 5.59. The molecule has 1 aromatic rings. The summed E-state index contributed by atoms with van der Waals surface area (Å²) in [6.45, 7) is 2.56. The summed E-state index contributed by atoms with van der Waals surface area (Å²) in [4.78, 5) is 45.7. The fourth-order valence-corrected chi connectivity index (χ4v) is 4.40. The minimum atomic E-state index is -0.591. The summed E-state index contributed by atoms with van der Waals surface area (Å²) >= 11 is 0. The lowest BCUT2D eigenvalue weighted by atomic mass is 9.84. The third-order valence-corrected chi connectivity index (χ3v) is 5.57. The van der Waals surface area contributed by atoms with Crippen molar-refractivity contribution in [3.8, 4) is 0 Å². The van der Waals surface area contributed by atoms with Crippen molar-refractivity contribution < 1.29 is 14.3 Å². The average Bonchev–Trinajstić information content (AvgIpc) is 3.13. The number of hydrogen-bond acceptors (Lipinski definition) is 5. The van der Waals surface area contributed by atoms with E-state index in [1.165, 1.54) is 0 Å². The number of esters is 1. The Labute approximate surface area is 139 Å². The lowest BCUT2D eigenvalue weighted by molar-refractivity contribution is -0.152. The second kappa shape index (κ2) is 5.43. The number of amides is 1. The molecule has 7 nitrogen and oxygen atoms in total. The quantitative estimate of drug-likeness (QED) is 0.770. The first-order valence-corrected chi connectivity index (χ1v) is 8.58. The zero-order chi connectivity index (χ0) is 16.9. The summed E-state index contributed by atoms with van der Waals surface area (Å²) in [5.41, 5.74) is 0.628. The Morgan fingerprint density at radius 2 is 2.08 bits per heavy atom. The Bertz CT molecular complexity index is 764. The van der Waals surface area contributed by atoms with Crippen LogP contribution in [-0.2, 0) is 27.3 Å². The van der Waals surface area contributed by atoms with Gasteiger partial charge in [0.1, 0.15) is 11.4 Å². The maximum Gasteiger partial charge on any atom is 0.307 e. The molecule has 0 bridgehead atoms. The number of ether oxygens (including phenoxy) is 1. The SMILES string of the molecule is Cc1nc2c(c(=O)[nH]1)CCN(C(=O)[C@H]1CC(=O)OC13CCCC3)C2. The van der Waals surface area contributed by atoms with Crippen LogP contribution in [0.4, 0.5) is 0 Å². The Kier molecular flexibility index (Phi) is 3.47. The molecule has 0 aromatic carbocycles. The van der Waals surface area contributed by atoms with E-state index >= 15 is 0 Å². The van der Waals surface area contributed by atoms with E-state index in [1.807, 2.05) is 0 Å². The Morgan fingerprint density at radius 1 is 1.33 bits per heavy atom. The van der Waals surface area contributed by atoms with Crippen LogP contribution in [0.15, 0.2) is 4.79 Å². The fourth-order valence-electron chi connectivity index (χ4n) is 4.40. The van der Waals surface area contributed by atoms with Gasteiger partial charge in [0.25, 0.3) is 5.56 Å². The molecule has 1 spiro atoms. The van der Waals surface area contributed by atoms with Crippen molar-refractivity contribution >= 4 is 11.9 Å². The molecule has 1 saturated heterocycles. The van der Waals surface area contributed by atoms with Crippen LogP contribution in [0, 0.1) is 12.8 Å². The number of carbonyl (C=O) groups excluding carboxylic acids is 2. The van der Waals surface area contributed by atoms with Crippen molar-refractivity contribution in [2.24, 2.45) is 5.92 Å². The molecule has 1 amide bonds. The third-order valence-electron chi connectivity index (χ3n) is 5.57. The van der Waals surface area contributed by atoms with E-state index in [2.05, 4.69) is 9.97 Å². The Balaban J connectivity index is 1.59. The standard InChI is InChI=1S/C17H21N3O4/c1-10-18-13-9-20(7-4-11(13)15(22)19-10)16(23)12-8-14(21)24-17(12)5-2-3-6-17/h12H,2-9H2,1H3,(H,18,19,22)/t12-/m1/s1. The number of carbonyl (C=O) groups is 2. The first-order valence-electron chi connectivity index (χ1n) is 8.58. The van der Waals surface area contributed by atoms with Gasteiger partial charge in [-0.15, -0.1) is 0 Å². The predicted octanol–water partition coefficient (Wildman–Crippen LogP) is 0.839. The first-order chi connectivity index (χ1) is 11.5. The molecule has 24 heavy (non-hydrogen) atoms. The molecule has 2 fully saturated rings. The Hall–Kier alpha value is -2.18. The molecule has 1 N–H and O–H groups in total. The van der Waals surface area contributed by atoms with Gasteiger partial charge in [0.2, 0.25) is 5.91 Å². The van der Waals surface area contributed by atoms with E-state index in [0.29, 0.717) is 36.6 Å². The highest BCUT2D eigenvalue weighted by atomic mass is 16.6. The molecular formula is C17H21N3O4. The van der Waals surface area contributed by atoms with Crippen LogP contribution in [0.1, 0.15) is 49.2 Å². The lowest BCUT2D eigenvalue weighted by Crippen LogP contribution is -2.47. The molecule has 1 aliphatic carbocycles. The topological polar surface area (TPSA) is 92.4 Å². The van der Waals surface area contributed by atoms with Gasteiger partial charge >= 0.3 is 5.97 Å². The smallest absolute Gasteiger partial charge is 0.307 e. The number of nitrogens with zero attached hydrogens (tertiary/aromatic N) is 2. The van der Waals surface area contributed by atoms with E-state index < -0.39 is 11.5 Å². The van der Waals surface area contributed by atoms with Gasteiger partial charge in [-0.2, -0.15) is 0 Å². The van der Waals surface area contributed by atoms with Crippen LogP contribution in [-0.4, -0.2) is 38.9 Å². The molecule has 1 atom stereocenters. The molecule has 1 aromatic heterocycles. The second-order valence-electron chi connectivity index (χ2n) is 7.09. The molecule has 0 unspecified atom stereocenters. The van der Waals surface area contributed by atoms with Gasteiger partial charge < -0.3 is 14.6 Å². The highest BCUT2D eigenvalue weighted by Gasteiger charge is 2.55. The van der Waals surface area contributed by atoms with Crippen LogP contribution in [0.3, 0.4) is 0 Å². The van der Waals surface area contributed by atoms with E-state index in [4.69, 9.17) is 4.74 Å². The largest absolute Gasteiger partial charge is 0.458 e. The molecule has 0 radical (unpaired) electrons. The number of aromatic amines is 1. The summed E-state index contributed by atoms with van der Waals surface area (Å²) in [6, 6.07) is 0. The van der Waals surface area contributed by atoms with E-state index in [0.717, 1.165) is 25.7 Å². The van der Waals surface area contributed by atoms with Crippen molar-refractivity contribution in [1.82, 2.24) is 14.9 Å². The molecule has 3 aliphatic rings. The van der Waals surface area contributed by atoms with Crippen LogP contribution in [0.5, 0.6) is 0 Å². The summed E-state index contributed by atoms with van der Waals surface area (Å²) in [6.07, 6.45) is 4.21. The monoisotopic (exact) mass is 331 g/mol. The lowest BCUT2D eigenvalue weighted by Gasteiger charge is -2.34. The highest BCUT2D eigenvalue weighted by molar-refractivity contribution is 5.88. The summed E-state index contributed by atoms with van der Waals surface area (Å²) in [5, 5.41) is 0. The number of nitrogens with one attached hydrogen (secondary N) is 1. The van der Waals surface area contributed by atoms with Crippen LogP contribution < -0.4 is 5.56 Å². The Morgan fingerprint density at radius 3 is 2.83 bits per heavy atom. The van der Waals surface area contributed by atoms with E-state index in [-0.39, 0.29) is 23.9 Å². The minimum absolute atomic E-state index is 0.0341. The maximum atomic E-state index is 13.1. The molecule has 1 saturated carbocycles. The number of H-pyrrole nitrogens is 1. The second-order valence-corrected chi connectivity index (χ2v) is 7.09. The van der Waals surface area contributed by atoms with Crippen molar-refractivity contribution in [3.05, 3.63) is 27.4 Å². The van der Waals surface area contributed by atoms with E-state index in [1.54, 1.807) is 11.8 Å². The van der Waals surface area contributed by atoms with Gasteiger partial charge in [-0.25, -0.2) is 4.98 Å². The number of aryl methyl sites for hydroxylation is 1. The van der Waals surface area contributed by atoms with Crippen molar-refractivity contribution in [2.75, 3.05) is 6.54 Å². The average molecular weight is 331 g/mol. The molecule has 2 aliphatic heterocycles. The zero-order valence-corrected chi connectivity index (χ0v) is 13.8. The van der Waals surface area contributed by atoms with Crippen LogP contribution in [0.2, 0.25) is 0 Å². The van der Waals surface area contributed by atoms with Crippen molar-refractivity contribution in [1.29, 1.82) is 0 Å². The zero-order valence-electron chi connectivity index (χ0n) is 13.8. The first kappa shape index (κ1) is 15.4. The maximum absolute atomic E-state index is 13.1. The molecule has 4 rings (SSSR count). The number of rotatable bonds is 1. The minimum Gasteiger partial charge on any atom is -0.458 e. The van der Waals surface area contributed by atoms with Gasteiger partial charge in [0, 0.05) is 12.1 Å². The molecule has 7 heteroatoms. The van der Waals surface area contributed by atoms with Crippen LogP contribution in [0.25, 0.3) is 0 Å². The van der Waals surface area contributed by atoms with Crippen molar-refractivity contribution in [3.63, 3.8) is 0 Å². The normalized spacial score (nSPS) is 25.0. The summed E-state index contributed by atoms with van der Waals surface area (Å²) in [5.74, 6) is -0.136. The van der Waals surface area contributed by atoms with Crippen molar-refractivity contribution in [2.45, 2.75) is 57.6 Å². The summed E-state index contributed by atoms with van der Waals surface area (Å²) in [7, 11) is 0. The molecule has 128 valence electrons. The van der Waals surface area contributed by atoms with Gasteiger partial charge in [0.15, 0.2) is 0 Å². The van der Waals surface area contributed by atoms with Gasteiger partial charge in [0.05, 0.1) is 24.6 Å². The number of fused-ring (bicyclic) bond motifs is 1. The third kappa shape index (κ3) is 2.34. The van der Waals surface area contributed by atoms with Gasteiger partial charge in [-0.1, -0.05) is 0 Å². The number of aromatic nitrogens is 2. The van der Waals surface area contributed by atoms with Gasteiger partial charge in [-0.3, -0.25) is 14.4 Å². The number of hydrogen-bond donors (Lipinski definition) is 1. The fraction of sp³-hybridized carbons (Fsp3) is 0.647. The predicted molar refractivity (Wildman–Crippen MR) is 84.1 cm³/mol. The molecule has 3 heterocycles. The molecular weight excluding hydrogens is 310 g/mol. The van der Waals surface area contributed by atoms with Gasteiger partial charge in [-0.05, 0) is 39.0 Å². The van der Waals surface area contributed by atoms with Crippen LogP contribution >= 0.6 is 0 Å². The highest BCUT2D eigenvalue weighted by Crippen LogP contribution is 2.46.